The molecule has 0 bridgehead atoms. The van der Waals surface area contributed by atoms with Crippen molar-refractivity contribution >= 4 is 0 Å². The van der Waals surface area contributed by atoms with Gasteiger partial charge in [0, 0.05) is 32.7 Å². The van der Waals surface area contributed by atoms with E-state index in [0.29, 0.717) is 5.41 Å². The summed E-state index contributed by atoms with van der Waals surface area (Å²) in [6, 6.07) is 0. The van der Waals surface area contributed by atoms with Crippen molar-refractivity contribution in [1.29, 1.82) is 0 Å². The molecule has 4 aliphatic rings. The van der Waals surface area contributed by atoms with Crippen molar-refractivity contribution in [2.75, 3.05) is 0 Å². The molecule has 0 aromatic rings. The Morgan fingerprint density at radius 1 is 0.361 bits per heavy atom. The van der Waals surface area contributed by atoms with E-state index < -0.39 is 0 Å². The Bertz CT molecular complexity index is 592. The molecule has 36 heavy (non-hydrogen) atoms. The van der Waals surface area contributed by atoms with Crippen LogP contribution in [0.2, 0.25) is 0 Å². The normalized spacial score (nSPS) is 52.0. The van der Waals surface area contributed by atoms with Gasteiger partial charge in [0.25, 0.3) is 0 Å². The summed E-state index contributed by atoms with van der Waals surface area (Å²) in [6.45, 7) is 38.3. The van der Waals surface area contributed by atoms with Crippen LogP contribution in [0.3, 0.4) is 0 Å². The molecule has 211 valence electrons. The summed E-state index contributed by atoms with van der Waals surface area (Å²) >= 11 is 0. The first kappa shape index (κ1) is 35.1. The summed E-state index contributed by atoms with van der Waals surface area (Å²) in [5.74, 6) is 14.4. The molecular formula is C35H66Y-2. The van der Waals surface area contributed by atoms with Crippen LogP contribution in [0.4, 0.5) is 0 Å². The Labute approximate surface area is 255 Å². The molecule has 0 N–H and O–H groups in total. The van der Waals surface area contributed by atoms with Crippen LogP contribution in [0.1, 0.15) is 111 Å². The van der Waals surface area contributed by atoms with Crippen LogP contribution in [0, 0.1) is 113 Å². The molecular weight excluding hydrogens is 509 g/mol. The molecule has 4 aliphatic carbocycles. The van der Waals surface area contributed by atoms with Crippen molar-refractivity contribution in [3.8, 4) is 0 Å². The van der Waals surface area contributed by atoms with Crippen molar-refractivity contribution in [1.82, 2.24) is 0 Å². The monoisotopic (exact) mass is 575 g/mol. The molecule has 0 nitrogen and oxygen atoms in total. The smallest absolute Gasteiger partial charge is 0 e. The molecule has 0 aromatic heterocycles. The first-order chi connectivity index (χ1) is 15.9. The van der Waals surface area contributed by atoms with Crippen molar-refractivity contribution in [3.05, 3.63) is 12.8 Å². The van der Waals surface area contributed by atoms with Crippen molar-refractivity contribution < 1.29 is 32.7 Å². The van der Waals surface area contributed by atoms with Gasteiger partial charge in [0.05, 0.1) is 0 Å². The fourth-order valence-electron chi connectivity index (χ4n) is 8.74. The zero-order valence-corrected chi connectivity index (χ0v) is 30.3. The van der Waals surface area contributed by atoms with Gasteiger partial charge >= 0.3 is 0 Å². The second kappa shape index (κ2) is 13.6. The summed E-state index contributed by atoms with van der Waals surface area (Å²) in [6.07, 6.45) is 5.33. The van der Waals surface area contributed by atoms with Gasteiger partial charge in [0.2, 0.25) is 0 Å². The van der Waals surface area contributed by atoms with E-state index in [1.807, 2.05) is 0 Å². The van der Waals surface area contributed by atoms with Crippen LogP contribution in [0.5, 0.6) is 0 Å². The number of rotatable bonds is 0. The molecule has 16 atom stereocenters. The molecule has 16 unspecified atom stereocenters. The maximum atomic E-state index is 2.67. The van der Waals surface area contributed by atoms with Gasteiger partial charge in [-0.05, 0) is 40.9 Å². The SMILES string of the molecule is CC(C)(C)C.CC1[CH-]C2C(C)C(C)C(C)C(C)C2C1C.CC1[CH-]C2C(C)C(C)C(C)C(C)C2C1C.[Y]. The maximum Gasteiger partial charge on any atom is 0 e. The van der Waals surface area contributed by atoms with E-state index in [4.69, 9.17) is 0 Å². The third kappa shape index (κ3) is 7.64. The van der Waals surface area contributed by atoms with E-state index in [0.717, 1.165) is 94.7 Å². The Hall–Kier alpha value is 1.10. The van der Waals surface area contributed by atoms with Crippen LogP contribution in [0.15, 0.2) is 0 Å². The minimum Gasteiger partial charge on any atom is -0.322 e. The zero-order chi connectivity index (χ0) is 27.2. The topological polar surface area (TPSA) is 0 Å². The van der Waals surface area contributed by atoms with Gasteiger partial charge < -0.3 is 12.8 Å². The van der Waals surface area contributed by atoms with Crippen LogP contribution in [-0.4, -0.2) is 0 Å². The van der Waals surface area contributed by atoms with Crippen molar-refractivity contribution in [3.63, 3.8) is 0 Å². The van der Waals surface area contributed by atoms with Gasteiger partial charge in [-0.3, -0.25) is 0 Å². The fraction of sp³-hybridized carbons (Fsp3) is 0.943. The summed E-state index contributed by atoms with van der Waals surface area (Å²) in [5, 5.41) is 0. The van der Waals surface area contributed by atoms with Crippen LogP contribution in [-0.2, 0) is 32.7 Å². The second-order valence-electron chi connectivity index (χ2n) is 16.0. The van der Waals surface area contributed by atoms with E-state index >= 15 is 0 Å². The van der Waals surface area contributed by atoms with Gasteiger partial charge in [-0.2, -0.15) is 23.7 Å². The molecule has 4 fully saturated rings. The summed E-state index contributed by atoms with van der Waals surface area (Å²) < 4.78 is 0. The predicted molar refractivity (Wildman–Crippen MR) is 158 cm³/mol. The van der Waals surface area contributed by atoms with E-state index in [9.17, 15) is 0 Å². The third-order valence-electron chi connectivity index (χ3n) is 12.2. The fourth-order valence-corrected chi connectivity index (χ4v) is 8.74. The molecule has 0 amide bonds. The molecule has 1 radical (unpaired) electrons. The first-order valence-electron chi connectivity index (χ1n) is 15.6. The minimum absolute atomic E-state index is 0. The van der Waals surface area contributed by atoms with E-state index in [1.54, 1.807) is 0 Å². The predicted octanol–water partition coefficient (Wildman–Crippen LogP) is 10.6. The number of fused-ring (bicyclic) bond motifs is 2. The van der Waals surface area contributed by atoms with Crippen molar-refractivity contribution in [2.24, 2.45) is 100 Å². The van der Waals surface area contributed by atoms with E-state index in [1.165, 1.54) is 0 Å². The van der Waals surface area contributed by atoms with Gasteiger partial charge in [-0.25, -0.2) is 0 Å². The summed E-state index contributed by atoms with van der Waals surface area (Å²) in [7, 11) is 0. The Morgan fingerprint density at radius 2 is 0.583 bits per heavy atom. The largest absolute Gasteiger partial charge is 0.322 e. The first-order valence-corrected chi connectivity index (χ1v) is 15.6. The van der Waals surface area contributed by atoms with E-state index in [2.05, 4.69) is 124 Å². The van der Waals surface area contributed by atoms with Gasteiger partial charge in [0.15, 0.2) is 0 Å². The number of hydrogen-bond acceptors (Lipinski definition) is 0. The Morgan fingerprint density at radius 3 is 0.833 bits per heavy atom. The van der Waals surface area contributed by atoms with Crippen LogP contribution < -0.4 is 0 Å². The third-order valence-corrected chi connectivity index (χ3v) is 12.2. The Kier molecular flexibility index (Phi) is 13.3. The van der Waals surface area contributed by atoms with Gasteiger partial charge in [-0.1, -0.05) is 146 Å². The van der Waals surface area contributed by atoms with E-state index in [-0.39, 0.29) is 32.7 Å². The molecule has 0 heterocycles. The molecule has 1 heteroatoms. The average Bonchev–Trinajstić information content (AvgIpc) is 3.23. The van der Waals surface area contributed by atoms with Crippen molar-refractivity contribution in [2.45, 2.75) is 111 Å². The maximum absolute atomic E-state index is 2.67. The molecule has 4 rings (SSSR count). The summed E-state index contributed by atoms with van der Waals surface area (Å²) in [4.78, 5) is 0. The quantitative estimate of drug-likeness (QED) is 0.252. The van der Waals surface area contributed by atoms with Crippen LogP contribution in [0.25, 0.3) is 0 Å². The second-order valence-corrected chi connectivity index (χ2v) is 16.0. The Balaban J connectivity index is 0.000000298. The number of hydrogen-bond donors (Lipinski definition) is 0. The van der Waals surface area contributed by atoms with Crippen LogP contribution >= 0.6 is 0 Å². The molecule has 0 aromatic carbocycles. The molecule has 0 spiro atoms. The zero-order valence-electron chi connectivity index (χ0n) is 27.5. The summed E-state index contributed by atoms with van der Waals surface area (Å²) in [5.41, 5.74) is 0.500. The van der Waals surface area contributed by atoms with Gasteiger partial charge in [0.1, 0.15) is 0 Å². The molecule has 4 saturated carbocycles. The van der Waals surface area contributed by atoms with Gasteiger partial charge in [-0.15, -0.1) is 0 Å². The average molecular weight is 576 g/mol. The molecule has 0 aliphatic heterocycles. The minimum atomic E-state index is 0. The standard InChI is InChI=1S/2C15H27.C5H12.Y/c2*1-8-7-14-12(5)10(3)11(4)13(6)15(14)9(8)2;1-5(2,3)4;/h2*7-15H,1-6H3;1-4H3;/q2*-1;;. The molecule has 0 saturated heterocycles.